The molecule has 0 saturated heterocycles. The highest BCUT2D eigenvalue weighted by molar-refractivity contribution is 6.34. The van der Waals surface area contributed by atoms with Crippen molar-refractivity contribution >= 4 is 7.28 Å². The number of hydrogen-bond acceptors (Lipinski definition) is 2. The number of hydrogen-bond donors (Lipinski definition) is 1. The maximum atomic E-state index is 10.8. The van der Waals surface area contributed by atoms with Crippen molar-refractivity contribution in [1.29, 1.82) is 0 Å². The number of benzene rings is 1. The van der Waals surface area contributed by atoms with Crippen LogP contribution in [-0.4, -0.2) is 19.5 Å². The van der Waals surface area contributed by atoms with Gasteiger partial charge in [0.25, 0.3) is 0 Å². The molecule has 0 fully saturated rings. The Balaban J connectivity index is 0.000000513. The lowest BCUT2D eigenvalue weighted by molar-refractivity contribution is 0.381. The first-order valence-corrected chi connectivity index (χ1v) is 11.6. The molecule has 1 N–H and O–H groups in total. The largest absolute Gasteiger partial charge is 0.507 e. The number of unbranched alkanes of at least 4 members (excludes halogenated alkanes) is 2. The van der Waals surface area contributed by atoms with Gasteiger partial charge in [-0.3, -0.25) is 0 Å². The van der Waals surface area contributed by atoms with Gasteiger partial charge in [0, 0.05) is 12.9 Å². The summed E-state index contributed by atoms with van der Waals surface area (Å²) in [5.41, 5.74) is 4.64. The Bertz CT molecular complexity index is 911. The van der Waals surface area contributed by atoms with Crippen LogP contribution in [0.2, 0.25) is 13.1 Å². The highest BCUT2D eigenvalue weighted by atomic mass is 16.5. The number of aromatic hydroxyl groups is 1. The summed E-state index contributed by atoms with van der Waals surface area (Å²) in [5, 5.41) is 10.8. The fourth-order valence-electron chi connectivity index (χ4n) is 4.03. The lowest BCUT2D eigenvalue weighted by atomic mass is 9.73. The molecule has 1 radical (unpaired) electrons. The van der Waals surface area contributed by atoms with Crippen LogP contribution in [0.4, 0.5) is 0 Å². The van der Waals surface area contributed by atoms with E-state index >= 15 is 0 Å². The topological polar surface area (TPSA) is 29.5 Å². The van der Waals surface area contributed by atoms with Crippen LogP contribution < -0.4 is 4.74 Å². The third-order valence-corrected chi connectivity index (χ3v) is 5.70. The van der Waals surface area contributed by atoms with Crippen LogP contribution in [-0.2, 0) is 6.42 Å². The first-order valence-electron chi connectivity index (χ1n) is 12.3. The molecule has 0 spiro atoms. The Morgan fingerprint density at radius 3 is 2.75 bits per heavy atom. The average molecular weight is 432 g/mol. The fourth-order valence-corrected chi connectivity index (χ4v) is 4.03. The second-order valence-corrected chi connectivity index (χ2v) is 8.39. The summed E-state index contributed by atoms with van der Waals surface area (Å²) in [7, 11) is 3.49. The van der Waals surface area contributed by atoms with Gasteiger partial charge < -0.3 is 9.84 Å². The van der Waals surface area contributed by atoms with E-state index in [0.29, 0.717) is 24.8 Å². The molecule has 1 aromatic carbocycles. The molecule has 0 bridgehead atoms. The predicted molar refractivity (Wildman–Crippen MR) is 140 cm³/mol. The highest BCUT2D eigenvalue weighted by Gasteiger charge is 2.30. The van der Waals surface area contributed by atoms with Gasteiger partial charge in [-0.05, 0) is 88.2 Å². The minimum atomic E-state index is 0.149. The normalized spacial score (nSPS) is 17.2. The molecule has 0 unspecified atom stereocenters. The first-order chi connectivity index (χ1) is 15.9. The summed E-state index contributed by atoms with van der Waals surface area (Å²) < 4.78 is 12.4. The van der Waals surface area contributed by atoms with Crippen LogP contribution in [0, 0.1) is 29.6 Å². The number of phenolic OH excluding ortho intramolecular Hbond substituents is 1. The van der Waals surface area contributed by atoms with Crippen molar-refractivity contribution in [3.8, 4) is 35.2 Å². The van der Waals surface area contributed by atoms with Crippen molar-refractivity contribution in [3.05, 3.63) is 47.1 Å². The number of methoxy groups -OCH3 is 1. The van der Waals surface area contributed by atoms with E-state index in [0.717, 1.165) is 42.6 Å². The number of allylic oxidation sites excluding steroid dienone is 3. The van der Waals surface area contributed by atoms with E-state index < -0.39 is 0 Å². The summed E-state index contributed by atoms with van der Waals surface area (Å²) in [5.74, 6) is 12.4. The molecule has 171 valence electrons. The van der Waals surface area contributed by atoms with E-state index in [9.17, 15) is 5.11 Å². The number of ether oxygens (including phenoxy) is 1. The van der Waals surface area contributed by atoms with Crippen LogP contribution in [0.5, 0.6) is 11.5 Å². The van der Waals surface area contributed by atoms with Crippen molar-refractivity contribution in [3.63, 3.8) is 0 Å². The van der Waals surface area contributed by atoms with Crippen molar-refractivity contribution in [2.24, 2.45) is 5.92 Å². The van der Waals surface area contributed by atoms with Crippen LogP contribution in [0.3, 0.4) is 0 Å². The summed E-state index contributed by atoms with van der Waals surface area (Å²) in [6.45, 7) is 12.7. The highest BCUT2D eigenvalue weighted by Crippen LogP contribution is 2.46. The molecule has 0 saturated carbocycles. The molecule has 32 heavy (non-hydrogen) atoms. The van der Waals surface area contributed by atoms with E-state index in [1.54, 1.807) is 21.3 Å². The van der Waals surface area contributed by atoms with Crippen molar-refractivity contribution in [1.82, 2.24) is 0 Å². The molecule has 0 aliphatic heterocycles. The molecule has 3 heteroatoms. The third-order valence-electron chi connectivity index (χ3n) is 5.70. The Labute approximate surface area is 199 Å². The summed E-state index contributed by atoms with van der Waals surface area (Å²) in [4.78, 5) is 0. The van der Waals surface area contributed by atoms with E-state index in [1.807, 2.05) is 6.07 Å². The van der Waals surface area contributed by atoms with Gasteiger partial charge in [-0.15, -0.1) is 0 Å². The molecular weight excluding hydrogens is 391 g/mol. The lowest BCUT2D eigenvalue weighted by Gasteiger charge is -2.32. The zero-order valence-corrected chi connectivity index (χ0v) is 20.7. The zero-order chi connectivity index (χ0) is 24.6. The summed E-state index contributed by atoms with van der Waals surface area (Å²) in [6.07, 6.45) is 9.71. The molecule has 1 aromatic rings. The SMILES string of the molecule is C=C(C)[C@@H]1CCC(C)=C[C@H]1c1c(O)cc(CCCCC)cc1OC.[2H]C[B]CC#CC#CC. The molecule has 1 aliphatic rings. The summed E-state index contributed by atoms with van der Waals surface area (Å²) in [6, 6.07) is 4.04. The molecule has 2 nitrogen and oxygen atoms in total. The first kappa shape index (κ1) is 25.7. The smallest absolute Gasteiger partial charge is 0.126 e. The van der Waals surface area contributed by atoms with Crippen molar-refractivity contribution < 1.29 is 11.2 Å². The second kappa shape index (κ2) is 15.3. The van der Waals surface area contributed by atoms with Crippen LogP contribution in [0.25, 0.3) is 0 Å². The zero-order valence-electron chi connectivity index (χ0n) is 21.7. The van der Waals surface area contributed by atoms with Gasteiger partial charge >= 0.3 is 0 Å². The predicted octanol–water partition coefficient (Wildman–Crippen LogP) is 7.33. The number of aryl methyl sites for hydroxylation is 1. The van der Waals surface area contributed by atoms with E-state index in [1.165, 1.54) is 24.0 Å². The van der Waals surface area contributed by atoms with E-state index in [2.05, 4.69) is 63.2 Å². The van der Waals surface area contributed by atoms with Crippen LogP contribution in [0.1, 0.15) is 78.2 Å². The summed E-state index contributed by atoms with van der Waals surface area (Å²) >= 11 is 0. The minimum Gasteiger partial charge on any atom is -0.507 e. The average Bonchev–Trinajstić information content (AvgIpc) is 2.79. The molecule has 0 amide bonds. The third kappa shape index (κ3) is 8.92. The molecule has 0 heterocycles. The van der Waals surface area contributed by atoms with Crippen molar-refractivity contribution in [2.75, 3.05) is 7.11 Å². The maximum absolute atomic E-state index is 10.8. The Hall–Kier alpha value is -2.52. The molecule has 0 aromatic heterocycles. The van der Waals surface area contributed by atoms with Gasteiger partial charge in [-0.25, -0.2) is 0 Å². The van der Waals surface area contributed by atoms with Gasteiger partial charge in [-0.2, -0.15) is 0 Å². The maximum Gasteiger partial charge on any atom is 0.126 e. The van der Waals surface area contributed by atoms with Gasteiger partial charge in [0.1, 0.15) is 18.8 Å². The monoisotopic (exact) mass is 432 g/mol. The number of phenols is 1. The molecule has 2 atom stereocenters. The van der Waals surface area contributed by atoms with Gasteiger partial charge in [0.15, 0.2) is 0 Å². The molecular formula is C29H40BO2. The fraction of sp³-hybridized carbons (Fsp3) is 0.517. The van der Waals surface area contributed by atoms with E-state index in [-0.39, 0.29) is 5.92 Å². The van der Waals surface area contributed by atoms with Crippen LogP contribution in [0.15, 0.2) is 35.9 Å². The molecule has 1 aliphatic carbocycles. The van der Waals surface area contributed by atoms with Crippen LogP contribution >= 0.6 is 0 Å². The lowest BCUT2D eigenvalue weighted by Crippen LogP contribution is -2.17. The van der Waals surface area contributed by atoms with Gasteiger partial charge in [0.2, 0.25) is 0 Å². The standard InChI is InChI=1S/C22H32O2.C7H8B/c1-6-7-8-9-17-13-20(23)22(21(14-17)24-5)19-12-16(4)10-11-18(19)15(2)3;1-3-4-5-6-7-8-2/h12-14,18-19,23H,2,6-11H2,1,3-5H3;7H2,1-2H3/t18-,19+;/m0./s1/i;2D. The number of rotatable bonds is 8. The Kier molecular flexibility index (Phi) is 12.3. The Morgan fingerprint density at radius 2 is 2.12 bits per heavy atom. The van der Waals surface area contributed by atoms with Gasteiger partial charge in [-0.1, -0.05) is 62.2 Å². The molecule has 2 rings (SSSR count). The minimum absolute atomic E-state index is 0.149. The van der Waals surface area contributed by atoms with E-state index in [4.69, 9.17) is 6.11 Å². The Morgan fingerprint density at radius 1 is 1.34 bits per heavy atom. The second-order valence-electron chi connectivity index (χ2n) is 8.39. The van der Waals surface area contributed by atoms with Crippen molar-refractivity contribution in [2.45, 2.75) is 85.3 Å². The quantitative estimate of drug-likeness (QED) is 0.202. The van der Waals surface area contributed by atoms with Gasteiger partial charge in [0.05, 0.1) is 7.11 Å².